The fourth-order valence-electron chi connectivity index (χ4n) is 1.59. The standard InChI is InChI=1S/C14H13F3N2/c1-10-5-7-11(8-6-10)9-18-13-4-2-3-12(19-13)14(15,16)17/h2-8H,9H2,1H3,(H,18,19). The lowest BCUT2D eigenvalue weighted by atomic mass is 10.1. The Bertz CT molecular complexity index is 547. The van der Waals surface area contributed by atoms with E-state index in [2.05, 4.69) is 10.3 Å². The molecule has 0 spiro atoms. The van der Waals surface area contributed by atoms with Gasteiger partial charge in [-0.25, -0.2) is 4.98 Å². The van der Waals surface area contributed by atoms with Gasteiger partial charge in [0, 0.05) is 6.54 Å². The minimum atomic E-state index is -4.42. The Morgan fingerprint density at radius 3 is 2.37 bits per heavy atom. The molecule has 0 fully saturated rings. The summed E-state index contributed by atoms with van der Waals surface area (Å²) >= 11 is 0. The van der Waals surface area contributed by atoms with Gasteiger partial charge < -0.3 is 5.32 Å². The molecule has 0 aliphatic heterocycles. The lowest BCUT2D eigenvalue weighted by molar-refractivity contribution is -0.141. The molecule has 0 amide bonds. The molecule has 0 radical (unpaired) electrons. The van der Waals surface area contributed by atoms with Crippen LogP contribution in [0.15, 0.2) is 42.5 Å². The van der Waals surface area contributed by atoms with E-state index in [1.807, 2.05) is 31.2 Å². The molecule has 2 aromatic rings. The van der Waals surface area contributed by atoms with E-state index in [9.17, 15) is 13.2 Å². The molecular weight excluding hydrogens is 253 g/mol. The molecule has 100 valence electrons. The van der Waals surface area contributed by atoms with Gasteiger partial charge in [0.15, 0.2) is 0 Å². The van der Waals surface area contributed by atoms with Gasteiger partial charge in [-0.15, -0.1) is 0 Å². The Morgan fingerprint density at radius 1 is 1.05 bits per heavy atom. The van der Waals surface area contributed by atoms with Gasteiger partial charge in [-0.3, -0.25) is 0 Å². The molecule has 19 heavy (non-hydrogen) atoms. The van der Waals surface area contributed by atoms with Crippen LogP contribution in [-0.4, -0.2) is 4.98 Å². The predicted octanol–water partition coefficient (Wildman–Crippen LogP) is 4.02. The normalized spacial score (nSPS) is 11.4. The number of nitrogens with zero attached hydrogens (tertiary/aromatic N) is 1. The number of hydrogen-bond donors (Lipinski definition) is 1. The van der Waals surface area contributed by atoms with Crippen molar-refractivity contribution in [2.75, 3.05) is 5.32 Å². The molecule has 0 saturated carbocycles. The van der Waals surface area contributed by atoms with Gasteiger partial charge in [0.1, 0.15) is 11.5 Å². The summed E-state index contributed by atoms with van der Waals surface area (Å²) in [5, 5.41) is 2.88. The van der Waals surface area contributed by atoms with E-state index in [0.29, 0.717) is 6.54 Å². The van der Waals surface area contributed by atoms with Crippen LogP contribution < -0.4 is 5.32 Å². The van der Waals surface area contributed by atoms with Crippen LogP contribution in [0, 0.1) is 6.92 Å². The first-order chi connectivity index (χ1) is 8.95. The monoisotopic (exact) mass is 266 g/mol. The van der Waals surface area contributed by atoms with E-state index in [4.69, 9.17) is 0 Å². The number of rotatable bonds is 3. The molecule has 1 aromatic heterocycles. The maximum Gasteiger partial charge on any atom is 0.433 e. The second kappa shape index (κ2) is 5.30. The Labute approximate surface area is 109 Å². The highest BCUT2D eigenvalue weighted by atomic mass is 19.4. The van der Waals surface area contributed by atoms with Crippen molar-refractivity contribution in [3.8, 4) is 0 Å². The van der Waals surface area contributed by atoms with Gasteiger partial charge in [0.2, 0.25) is 0 Å². The minimum Gasteiger partial charge on any atom is -0.366 e. The van der Waals surface area contributed by atoms with Crippen LogP contribution >= 0.6 is 0 Å². The first-order valence-corrected chi connectivity index (χ1v) is 5.79. The third-order valence-corrected chi connectivity index (χ3v) is 2.63. The van der Waals surface area contributed by atoms with Crippen LogP contribution in [0.1, 0.15) is 16.8 Å². The Hall–Kier alpha value is -2.04. The van der Waals surface area contributed by atoms with Gasteiger partial charge >= 0.3 is 6.18 Å². The van der Waals surface area contributed by atoms with E-state index in [-0.39, 0.29) is 5.82 Å². The van der Waals surface area contributed by atoms with E-state index in [1.165, 1.54) is 12.1 Å². The van der Waals surface area contributed by atoms with Crippen LogP contribution in [0.5, 0.6) is 0 Å². The molecule has 5 heteroatoms. The Balaban J connectivity index is 2.05. The molecule has 0 saturated heterocycles. The van der Waals surface area contributed by atoms with Crippen molar-refractivity contribution in [2.24, 2.45) is 0 Å². The van der Waals surface area contributed by atoms with Gasteiger partial charge in [0.25, 0.3) is 0 Å². The molecule has 0 aliphatic rings. The zero-order valence-corrected chi connectivity index (χ0v) is 10.3. The van der Waals surface area contributed by atoms with Gasteiger partial charge in [-0.05, 0) is 24.6 Å². The smallest absolute Gasteiger partial charge is 0.366 e. The fraction of sp³-hybridized carbons (Fsp3) is 0.214. The molecule has 0 unspecified atom stereocenters. The molecule has 2 nitrogen and oxygen atoms in total. The highest BCUT2D eigenvalue weighted by Gasteiger charge is 2.32. The number of hydrogen-bond acceptors (Lipinski definition) is 2. The zero-order chi connectivity index (χ0) is 13.9. The molecule has 1 N–H and O–H groups in total. The van der Waals surface area contributed by atoms with Crippen molar-refractivity contribution in [1.29, 1.82) is 0 Å². The van der Waals surface area contributed by atoms with Crippen molar-refractivity contribution in [3.63, 3.8) is 0 Å². The number of pyridine rings is 1. The lowest BCUT2D eigenvalue weighted by Crippen LogP contribution is -2.10. The van der Waals surface area contributed by atoms with Gasteiger partial charge in [-0.2, -0.15) is 13.2 Å². The number of anilines is 1. The van der Waals surface area contributed by atoms with Gasteiger partial charge in [-0.1, -0.05) is 35.9 Å². The first-order valence-electron chi connectivity index (χ1n) is 5.79. The third-order valence-electron chi connectivity index (χ3n) is 2.63. The summed E-state index contributed by atoms with van der Waals surface area (Å²) in [5.41, 5.74) is 1.24. The molecule has 2 rings (SSSR count). The van der Waals surface area contributed by atoms with Crippen molar-refractivity contribution in [1.82, 2.24) is 4.98 Å². The van der Waals surface area contributed by atoms with Gasteiger partial charge in [0.05, 0.1) is 0 Å². The van der Waals surface area contributed by atoms with Crippen molar-refractivity contribution in [2.45, 2.75) is 19.6 Å². The summed E-state index contributed by atoms with van der Waals surface area (Å²) in [5.74, 6) is 0.218. The second-order valence-corrected chi connectivity index (χ2v) is 4.24. The van der Waals surface area contributed by atoms with Crippen molar-refractivity contribution >= 4 is 5.82 Å². The number of alkyl halides is 3. The van der Waals surface area contributed by atoms with E-state index >= 15 is 0 Å². The van der Waals surface area contributed by atoms with Crippen molar-refractivity contribution < 1.29 is 13.2 Å². The third kappa shape index (κ3) is 3.71. The average Bonchev–Trinajstić information content (AvgIpc) is 2.37. The highest BCUT2D eigenvalue weighted by Crippen LogP contribution is 2.28. The van der Waals surface area contributed by atoms with E-state index < -0.39 is 11.9 Å². The summed E-state index contributed by atoms with van der Waals surface area (Å²) in [7, 11) is 0. The maximum absolute atomic E-state index is 12.5. The number of halogens is 3. The fourth-order valence-corrected chi connectivity index (χ4v) is 1.59. The predicted molar refractivity (Wildman–Crippen MR) is 67.7 cm³/mol. The average molecular weight is 266 g/mol. The van der Waals surface area contributed by atoms with Crippen LogP contribution in [0.3, 0.4) is 0 Å². The summed E-state index contributed by atoms with van der Waals surface area (Å²) < 4.78 is 37.5. The molecule has 0 atom stereocenters. The quantitative estimate of drug-likeness (QED) is 0.907. The molecule has 1 aromatic carbocycles. The van der Waals surface area contributed by atoms with Crippen LogP contribution in [0.4, 0.5) is 19.0 Å². The van der Waals surface area contributed by atoms with E-state index in [0.717, 1.165) is 17.2 Å². The highest BCUT2D eigenvalue weighted by molar-refractivity contribution is 5.37. The number of aromatic nitrogens is 1. The van der Waals surface area contributed by atoms with Crippen LogP contribution in [0.25, 0.3) is 0 Å². The van der Waals surface area contributed by atoms with Crippen molar-refractivity contribution in [3.05, 3.63) is 59.3 Å². The number of nitrogens with one attached hydrogen (secondary N) is 1. The largest absolute Gasteiger partial charge is 0.433 e. The molecule has 0 bridgehead atoms. The SMILES string of the molecule is Cc1ccc(CNc2cccc(C(F)(F)F)n2)cc1. The zero-order valence-electron chi connectivity index (χ0n) is 10.3. The first kappa shape index (κ1) is 13.4. The summed E-state index contributed by atoms with van der Waals surface area (Å²) in [6.45, 7) is 2.42. The van der Waals surface area contributed by atoms with Crippen LogP contribution in [-0.2, 0) is 12.7 Å². The van der Waals surface area contributed by atoms with Crippen LogP contribution in [0.2, 0.25) is 0 Å². The Morgan fingerprint density at radius 2 is 1.74 bits per heavy atom. The minimum absolute atomic E-state index is 0.218. The second-order valence-electron chi connectivity index (χ2n) is 4.24. The lowest BCUT2D eigenvalue weighted by Gasteiger charge is -2.09. The molecule has 0 aliphatic carbocycles. The topological polar surface area (TPSA) is 24.9 Å². The summed E-state index contributed by atoms with van der Waals surface area (Å²) in [4.78, 5) is 3.54. The molecular formula is C14H13F3N2. The number of benzene rings is 1. The van der Waals surface area contributed by atoms with E-state index in [1.54, 1.807) is 0 Å². The summed E-state index contributed by atoms with van der Waals surface area (Å²) in [6.07, 6.45) is -4.42. The summed E-state index contributed by atoms with van der Waals surface area (Å²) in [6, 6.07) is 11.6. The Kier molecular flexibility index (Phi) is 3.74. The molecule has 1 heterocycles. The number of aryl methyl sites for hydroxylation is 1. The maximum atomic E-state index is 12.5.